The van der Waals surface area contributed by atoms with Gasteiger partial charge >= 0.3 is 0 Å². The smallest absolute Gasteiger partial charge is 0.127 e. The Morgan fingerprint density at radius 2 is 1.86 bits per heavy atom. The van der Waals surface area contributed by atoms with Gasteiger partial charge in [-0.15, -0.1) is 0 Å². The molecule has 0 saturated carbocycles. The van der Waals surface area contributed by atoms with Gasteiger partial charge in [0.15, 0.2) is 0 Å². The number of benzene rings is 2. The second-order valence-corrected chi connectivity index (χ2v) is 9.38. The van der Waals surface area contributed by atoms with Crippen LogP contribution < -0.4 is 9.47 Å². The molecule has 150 valence electrons. The largest absolute Gasteiger partial charge is 0.488 e. The molecule has 0 amide bonds. The van der Waals surface area contributed by atoms with E-state index in [0.717, 1.165) is 40.9 Å². The molecule has 0 fully saturated rings. The summed E-state index contributed by atoms with van der Waals surface area (Å²) in [5.41, 5.74) is 5.51. The minimum atomic E-state index is -0.247. The molecule has 0 saturated heterocycles. The molecule has 28 heavy (non-hydrogen) atoms. The van der Waals surface area contributed by atoms with Crippen LogP contribution in [0.4, 0.5) is 0 Å². The highest BCUT2D eigenvalue weighted by atomic mass is 16.5. The predicted octanol–water partition coefficient (Wildman–Crippen LogP) is 5.72. The summed E-state index contributed by atoms with van der Waals surface area (Å²) in [5.74, 6) is 1.93. The van der Waals surface area contributed by atoms with Gasteiger partial charge in [-0.1, -0.05) is 51.1 Å². The summed E-state index contributed by atoms with van der Waals surface area (Å²) in [7, 11) is 0. The highest BCUT2D eigenvalue weighted by Crippen LogP contribution is 2.50. The zero-order valence-corrected chi connectivity index (χ0v) is 18.0. The average molecular weight is 381 g/mol. The second-order valence-electron chi connectivity index (χ2n) is 9.38. The maximum Gasteiger partial charge on any atom is 0.127 e. The van der Waals surface area contributed by atoms with Gasteiger partial charge in [0.1, 0.15) is 30.0 Å². The molecular formula is C25H32O3. The highest BCUT2D eigenvalue weighted by molar-refractivity contribution is 5.64. The molecule has 1 aliphatic heterocycles. The third-order valence-electron chi connectivity index (χ3n) is 5.34. The number of hydrogen-bond donors (Lipinski definition) is 0. The Kier molecular flexibility index (Phi) is 5.56. The van der Waals surface area contributed by atoms with Crippen LogP contribution in [0.3, 0.4) is 0 Å². The van der Waals surface area contributed by atoms with E-state index in [1.807, 2.05) is 18.2 Å². The minimum Gasteiger partial charge on any atom is -0.488 e. The van der Waals surface area contributed by atoms with Crippen molar-refractivity contribution in [3.05, 3.63) is 58.1 Å². The van der Waals surface area contributed by atoms with E-state index in [0.29, 0.717) is 19.4 Å². The summed E-state index contributed by atoms with van der Waals surface area (Å²) in [6.45, 7) is 13.6. The van der Waals surface area contributed by atoms with Crippen molar-refractivity contribution in [2.24, 2.45) is 0 Å². The Morgan fingerprint density at radius 3 is 2.46 bits per heavy atom. The molecule has 0 unspecified atom stereocenters. The number of carbonyl (C=O) groups excluding carboxylic acids is 1. The molecule has 0 bridgehead atoms. The van der Waals surface area contributed by atoms with Crippen molar-refractivity contribution in [3.63, 3.8) is 0 Å². The Hall–Kier alpha value is -2.29. The lowest BCUT2D eigenvalue weighted by molar-refractivity contribution is -0.107. The average Bonchev–Trinajstić information content (AvgIpc) is 2.93. The van der Waals surface area contributed by atoms with Crippen molar-refractivity contribution in [1.29, 1.82) is 0 Å². The van der Waals surface area contributed by atoms with E-state index < -0.39 is 0 Å². The molecule has 0 radical (unpaired) electrons. The van der Waals surface area contributed by atoms with Gasteiger partial charge < -0.3 is 14.3 Å². The van der Waals surface area contributed by atoms with Gasteiger partial charge in [0, 0.05) is 29.5 Å². The van der Waals surface area contributed by atoms with Crippen LogP contribution in [-0.4, -0.2) is 11.9 Å². The number of carbonyl (C=O) groups is 1. The third-order valence-corrected chi connectivity index (χ3v) is 5.34. The third kappa shape index (κ3) is 4.09. The van der Waals surface area contributed by atoms with Crippen molar-refractivity contribution < 1.29 is 14.3 Å². The van der Waals surface area contributed by atoms with Gasteiger partial charge in [-0.25, -0.2) is 0 Å². The summed E-state index contributed by atoms with van der Waals surface area (Å²) in [6, 6.07) is 10.2. The Labute approximate surface area is 169 Å². The van der Waals surface area contributed by atoms with Crippen LogP contribution in [0.1, 0.15) is 68.9 Å². The second kappa shape index (κ2) is 7.62. The number of rotatable bonds is 6. The molecule has 0 aliphatic carbocycles. The van der Waals surface area contributed by atoms with E-state index in [9.17, 15) is 4.79 Å². The zero-order chi connectivity index (χ0) is 20.5. The summed E-state index contributed by atoms with van der Waals surface area (Å²) in [4.78, 5) is 11.1. The van der Waals surface area contributed by atoms with Crippen LogP contribution in [0.5, 0.6) is 11.5 Å². The van der Waals surface area contributed by atoms with Crippen LogP contribution in [0.2, 0.25) is 0 Å². The van der Waals surface area contributed by atoms with Crippen LogP contribution in [0.15, 0.2) is 30.3 Å². The Bertz CT molecular complexity index is 858. The molecule has 3 rings (SSSR count). The van der Waals surface area contributed by atoms with Gasteiger partial charge in [-0.2, -0.15) is 0 Å². The lowest BCUT2D eigenvalue weighted by atomic mass is 9.78. The Balaban J connectivity index is 2.14. The van der Waals surface area contributed by atoms with E-state index >= 15 is 0 Å². The molecule has 3 nitrogen and oxygen atoms in total. The van der Waals surface area contributed by atoms with E-state index in [1.165, 1.54) is 11.1 Å². The Morgan fingerprint density at radius 1 is 1.18 bits per heavy atom. The zero-order valence-electron chi connectivity index (χ0n) is 18.0. The molecule has 2 aromatic carbocycles. The molecule has 0 N–H and O–H groups in total. The van der Waals surface area contributed by atoms with Crippen molar-refractivity contribution in [1.82, 2.24) is 0 Å². The van der Waals surface area contributed by atoms with Gasteiger partial charge in [0.25, 0.3) is 0 Å². The first-order chi connectivity index (χ1) is 13.1. The predicted molar refractivity (Wildman–Crippen MR) is 113 cm³/mol. The van der Waals surface area contributed by atoms with E-state index in [1.54, 1.807) is 0 Å². The first-order valence-corrected chi connectivity index (χ1v) is 10.1. The summed E-state index contributed by atoms with van der Waals surface area (Å²) in [6.07, 6.45) is 3.00. The van der Waals surface area contributed by atoms with E-state index in [4.69, 9.17) is 9.47 Å². The fraction of sp³-hybridized carbons (Fsp3) is 0.480. The van der Waals surface area contributed by atoms with Crippen molar-refractivity contribution in [3.8, 4) is 11.5 Å². The molecule has 1 heterocycles. The lowest BCUT2D eigenvalue weighted by Crippen LogP contribution is -2.25. The first-order valence-electron chi connectivity index (χ1n) is 10.1. The first kappa shape index (κ1) is 20.4. The van der Waals surface area contributed by atoms with Gasteiger partial charge in [0.05, 0.1) is 0 Å². The lowest BCUT2D eigenvalue weighted by Gasteiger charge is -2.29. The van der Waals surface area contributed by atoms with Crippen molar-refractivity contribution in [2.45, 2.75) is 78.4 Å². The maximum atomic E-state index is 11.1. The van der Waals surface area contributed by atoms with Crippen molar-refractivity contribution >= 4 is 6.29 Å². The molecule has 3 heteroatoms. The van der Waals surface area contributed by atoms with Crippen LogP contribution in [0, 0.1) is 6.92 Å². The molecule has 1 aliphatic rings. The minimum absolute atomic E-state index is 0.0756. The highest BCUT2D eigenvalue weighted by Gasteiger charge is 2.39. The molecule has 0 atom stereocenters. The fourth-order valence-corrected chi connectivity index (χ4v) is 4.17. The number of aldehydes is 1. The molecule has 0 aromatic heterocycles. The summed E-state index contributed by atoms with van der Waals surface area (Å²) >= 11 is 0. The quantitative estimate of drug-likeness (QED) is 0.602. The van der Waals surface area contributed by atoms with Gasteiger partial charge in [-0.05, 0) is 43.7 Å². The monoisotopic (exact) mass is 380 g/mol. The van der Waals surface area contributed by atoms with E-state index in [-0.39, 0.29) is 11.0 Å². The van der Waals surface area contributed by atoms with E-state index in [2.05, 4.69) is 53.7 Å². The molecular weight excluding hydrogens is 348 g/mol. The summed E-state index contributed by atoms with van der Waals surface area (Å²) in [5, 5.41) is 0. The summed E-state index contributed by atoms with van der Waals surface area (Å²) < 4.78 is 12.8. The van der Waals surface area contributed by atoms with Crippen LogP contribution in [0.25, 0.3) is 0 Å². The topological polar surface area (TPSA) is 35.5 Å². The molecule has 2 aromatic rings. The molecule has 0 spiro atoms. The standard InChI is InChI=1S/C25H32O3/c1-17-19(13-10-14-26)23-20(15-25(5,6)28-23)21(24(2,3)4)22(17)27-16-18-11-8-7-9-12-18/h7-9,11-12,14H,10,13,15-16H2,1-6H3. The number of ether oxygens (including phenoxy) is 2. The van der Waals surface area contributed by atoms with Gasteiger partial charge in [0.2, 0.25) is 0 Å². The van der Waals surface area contributed by atoms with Gasteiger partial charge in [-0.3, -0.25) is 0 Å². The number of hydrogen-bond acceptors (Lipinski definition) is 3. The van der Waals surface area contributed by atoms with Crippen LogP contribution in [-0.2, 0) is 29.7 Å². The SMILES string of the molecule is Cc1c(CCC=O)c2c(c(C(C)(C)C)c1OCc1ccccc1)CC(C)(C)O2. The number of fused-ring (bicyclic) bond motifs is 1. The normalized spacial score (nSPS) is 15.1. The fourth-order valence-electron chi connectivity index (χ4n) is 4.17. The van der Waals surface area contributed by atoms with Crippen LogP contribution >= 0.6 is 0 Å². The van der Waals surface area contributed by atoms with Crippen molar-refractivity contribution in [2.75, 3.05) is 0 Å². The maximum absolute atomic E-state index is 11.1.